The van der Waals surface area contributed by atoms with Gasteiger partial charge in [0.2, 0.25) is 0 Å². The third-order valence-electron chi connectivity index (χ3n) is 1.61. The number of hydrogen-bond donors (Lipinski definition) is 1. The number of hydrogen-bond acceptors (Lipinski definition) is 1. The number of carboxylic acid groups (broad SMARTS) is 1. The zero-order valence-corrected chi connectivity index (χ0v) is 7.21. The Labute approximate surface area is 67.9 Å². The predicted octanol–water partition coefficient (Wildman–Crippen LogP) is 2.45. The highest BCUT2D eigenvalue weighted by Crippen LogP contribution is 2.09. The molecule has 0 heterocycles. The largest absolute Gasteiger partial charge is 0.481 e. The lowest BCUT2D eigenvalue weighted by molar-refractivity contribution is -0.137. The lowest BCUT2D eigenvalue weighted by Gasteiger charge is -2.04. The van der Waals surface area contributed by atoms with Crippen molar-refractivity contribution in [2.45, 2.75) is 33.1 Å². The zero-order valence-electron chi connectivity index (χ0n) is 7.21. The lowest BCUT2D eigenvalue weighted by Crippen LogP contribution is -2.03. The summed E-state index contributed by atoms with van der Waals surface area (Å²) in [4.78, 5) is 10.3. The number of carbonyl (C=O) groups is 1. The third kappa shape index (κ3) is 5.64. The average Bonchev–Trinajstić information content (AvgIpc) is 1.97. The van der Waals surface area contributed by atoms with Gasteiger partial charge in [0.25, 0.3) is 0 Å². The van der Waals surface area contributed by atoms with Crippen LogP contribution in [0.2, 0.25) is 0 Å². The number of rotatable bonds is 5. The van der Waals surface area contributed by atoms with Gasteiger partial charge >= 0.3 is 5.97 Å². The molecule has 2 nitrogen and oxygen atoms in total. The van der Waals surface area contributed by atoms with E-state index in [1.54, 1.807) is 0 Å². The van der Waals surface area contributed by atoms with Crippen molar-refractivity contribution in [1.82, 2.24) is 0 Å². The summed E-state index contributed by atoms with van der Waals surface area (Å²) in [6.45, 7) is 4.05. The first-order chi connectivity index (χ1) is 5.20. The van der Waals surface area contributed by atoms with Crippen molar-refractivity contribution in [3.05, 3.63) is 12.2 Å². The average molecular weight is 156 g/mol. The predicted molar refractivity (Wildman–Crippen MR) is 45.5 cm³/mol. The summed E-state index contributed by atoms with van der Waals surface area (Å²) in [5, 5.41) is 8.48. The molecule has 0 aromatic heterocycles. The van der Waals surface area contributed by atoms with Crippen molar-refractivity contribution >= 4 is 5.97 Å². The standard InChI is InChI=1S/C9H16O2/c1-3-5-6-8(4-2)7-9(10)11/h5-6,8H,3-4,7H2,1-2H3,(H,10,11)/b6-5+. The molecule has 1 atom stereocenters. The van der Waals surface area contributed by atoms with Crippen LogP contribution in [-0.4, -0.2) is 11.1 Å². The van der Waals surface area contributed by atoms with Crippen molar-refractivity contribution in [2.75, 3.05) is 0 Å². The molecule has 0 aliphatic heterocycles. The van der Waals surface area contributed by atoms with Crippen LogP contribution in [0.25, 0.3) is 0 Å². The van der Waals surface area contributed by atoms with E-state index in [9.17, 15) is 4.79 Å². The Morgan fingerprint density at radius 1 is 1.55 bits per heavy atom. The van der Waals surface area contributed by atoms with Crippen LogP contribution in [0.4, 0.5) is 0 Å². The molecule has 0 saturated heterocycles. The maximum atomic E-state index is 10.3. The van der Waals surface area contributed by atoms with Gasteiger partial charge in [-0.05, 0) is 18.8 Å². The molecule has 0 spiro atoms. The fourth-order valence-corrected chi connectivity index (χ4v) is 0.901. The van der Waals surface area contributed by atoms with Gasteiger partial charge in [-0.25, -0.2) is 0 Å². The topological polar surface area (TPSA) is 37.3 Å². The van der Waals surface area contributed by atoms with Crippen molar-refractivity contribution < 1.29 is 9.90 Å². The first kappa shape index (κ1) is 10.2. The summed E-state index contributed by atoms with van der Waals surface area (Å²) in [5.74, 6) is -0.495. The summed E-state index contributed by atoms with van der Waals surface area (Å²) in [6, 6.07) is 0. The van der Waals surface area contributed by atoms with Crippen molar-refractivity contribution in [3.63, 3.8) is 0 Å². The number of carboxylic acids is 1. The lowest BCUT2D eigenvalue weighted by atomic mass is 10.0. The summed E-state index contributed by atoms with van der Waals surface area (Å²) < 4.78 is 0. The van der Waals surface area contributed by atoms with E-state index in [4.69, 9.17) is 5.11 Å². The van der Waals surface area contributed by atoms with E-state index in [1.807, 2.05) is 26.0 Å². The summed E-state index contributed by atoms with van der Waals surface area (Å²) in [7, 11) is 0. The fraction of sp³-hybridized carbons (Fsp3) is 0.667. The highest BCUT2D eigenvalue weighted by atomic mass is 16.4. The van der Waals surface area contributed by atoms with E-state index in [2.05, 4.69) is 0 Å². The van der Waals surface area contributed by atoms with Crippen LogP contribution in [0.5, 0.6) is 0 Å². The second kappa shape index (κ2) is 5.96. The summed E-state index contributed by atoms with van der Waals surface area (Å²) >= 11 is 0. The van der Waals surface area contributed by atoms with E-state index >= 15 is 0 Å². The van der Waals surface area contributed by atoms with Crippen LogP contribution < -0.4 is 0 Å². The van der Waals surface area contributed by atoms with Crippen molar-refractivity contribution in [2.24, 2.45) is 5.92 Å². The number of allylic oxidation sites excluding steroid dienone is 2. The van der Waals surface area contributed by atoms with Gasteiger partial charge in [0.15, 0.2) is 0 Å². The van der Waals surface area contributed by atoms with E-state index in [1.165, 1.54) is 0 Å². The smallest absolute Gasteiger partial charge is 0.303 e. The third-order valence-corrected chi connectivity index (χ3v) is 1.61. The molecular weight excluding hydrogens is 140 g/mol. The minimum absolute atomic E-state index is 0.215. The first-order valence-electron chi connectivity index (χ1n) is 4.09. The van der Waals surface area contributed by atoms with E-state index in [-0.39, 0.29) is 12.3 Å². The van der Waals surface area contributed by atoms with Gasteiger partial charge < -0.3 is 5.11 Å². The van der Waals surface area contributed by atoms with Gasteiger partial charge in [0.05, 0.1) is 6.42 Å². The van der Waals surface area contributed by atoms with Gasteiger partial charge in [-0.2, -0.15) is 0 Å². The molecule has 0 aromatic rings. The molecule has 0 aliphatic rings. The molecule has 1 unspecified atom stereocenters. The summed E-state index contributed by atoms with van der Waals surface area (Å²) in [6.07, 6.45) is 6.16. The Kier molecular flexibility index (Phi) is 5.53. The Hall–Kier alpha value is -0.790. The van der Waals surface area contributed by atoms with Crippen LogP contribution in [0, 0.1) is 5.92 Å². The quantitative estimate of drug-likeness (QED) is 0.621. The van der Waals surface area contributed by atoms with E-state index in [0.717, 1.165) is 12.8 Å². The second-order valence-corrected chi connectivity index (χ2v) is 2.60. The van der Waals surface area contributed by atoms with Gasteiger partial charge in [-0.15, -0.1) is 0 Å². The highest BCUT2D eigenvalue weighted by Gasteiger charge is 2.06. The van der Waals surface area contributed by atoms with Gasteiger partial charge in [0.1, 0.15) is 0 Å². The molecule has 0 saturated carbocycles. The zero-order chi connectivity index (χ0) is 8.69. The second-order valence-electron chi connectivity index (χ2n) is 2.60. The SMILES string of the molecule is CC/C=C/C(CC)CC(=O)O. The Morgan fingerprint density at radius 3 is 2.55 bits per heavy atom. The van der Waals surface area contributed by atoms with Crippen molar-refractivity contribution in [3.8, 4) is 0 Å². The summed E-state index contributed by atoms with van der Waals surface area (Å²) in [5.41, 5.74) is 0. The Morgan fingerprint density at radius 2 is 2.18 bits per heavy atom. The van der Waals surface area contributed by atoms with Crippen LogP contribution in [-0.2, 0) is 4.79 Å². The maximum absolute atomic E-state index is 10.3. The molecule has 0 aliphatic carbocycles. The van der Waals surface area contributed by atoms with Crippen LogP contribution in [0.1, 0.15) is 33.1 Å². The minimum atomic E-state index is -0.711. The molecule has 2 heteroatoms. The normalized spacial score (nSPS) is 13.6. The monoisotopic (exact) mass is 156 g/mol. The van der Waals surface area contributed by atoms with Crippen LogP contribution >= 0.6 is 0 Å². The van der Waals surface area contributed by atoms with Crippen molar-refractivity contribution in [1.29, 1.82) is 0 Å². The molecule has 0 radical (unpaired) electrons. The maximum Gasteiger partial charge on any atom is 0.303 e. The molecule has 0 fully saturated rings. The molecule has 11 heavy (non-hydrogen) atoms. The molecular formula is C9H16O2. The van der Waals surface area contributed by atoms with Gasteiger partial charge in [-0.1, -0.05) is 26.0 Å². The van der Waals surface area contributed by atoms with Gasteiger partial charge in [-0.3, -0.25) is 4.79 Å². The molecule has 1 N–H and O–H groups in total. The molecule has 0 bridgehead atoms. The first-order valence-corrected chi connectivity index (χ1v) is 4.09. The fourth-order valence-electron chi connectivity index (χ4n) is 0.901. The van der Waals surface area contributed by atoms with Crippen LogP contribution in [0.15, 0.2) is 12.2 Å². The molecule has 0 amide bonds. The minimum Gasteiger partial charge on any atom is -0.481 e. The molecule has 0 rings (SSSR count). The molecule has 64 valence electrons. The number of aliphatic carboxylic acids is 1. The van der Waals surface area contributed by atoms with Gasteiger partial charge in [0, 0.05) is 0 Å². The van der Waals surface area contributed by atoms with Crippen LogP contribution in [0.3, 0.4) is 0 Å². The molecule has 0 aromatic carbocycles. The van der Waals surface area contributed by atoms with E-state index < -0.39 is 5.97 Å². The highest BCUT2D eigenvalue weighted by molar-refractivity contribution is 5.67. The Balaban J connectivity index is 3.75. The van der Waals surface area contributed by atoms with E-state index in [0.29, 0.717) is 0 Å². The Bertz CT molecular complexity index is 138.